The van der Waals surface area contributed by atoms with E-state index in [2.05, 4.69) is 46.4 Å². The molecule has 3 rings (SSSR count). The Hall–Kier alpha value is -1.16. The van der Waals surface area contributed by atoms with Crippen LogP contribution in [0.1, 0.15) is 23.7 Å². The summed E-state index contributed by atoms with van der Waals surface area (Å²) in [7, 11) is 0. The largest absolute Gasteiger partial charge is 0.372 e. The van der Waals surface area contributed by atoms with Gasteiger partial charge >= 0.3 is 0 Å². The number of rotatable bonds is 4. The van der Waals surface area contributed by atoms with Crippen molar-refractivity contribution in [2.45, 2.75) is 25.1 Å². The Morgan fingerprint density at radius 1 is 1.22 bits per heavy atom. The van der Waals surface area contributed by atoms with Gasteiger partial charge in [-0.25, -0.2) is 0 Å². The van der Waals surface area contributed by atoms with E-state index in [4.69, 9.17) is 4.74 Å². The van der Waals surface area contributed by atoms with Crippen molar-refractivity contribution in [2.24, 2.45) is 0 Å². The second-order valence-corrected chi connectivity index (χ2v) is 5.39. The van der Waals surface area contributed by atoms with Crippen LogP contribution in [0.15, 0.2) is 47.2 Å². The minimum Gasteiger partial charge on any atom is -0.372 e. The fraction of sp³-hybridized carbons (Fsp3) is 0.333. The van der Waals surface area contributed by atoms with E-state index >= 15 is 0 Å². The van der Waals surface area contributed by atoms with Gasteiger partial charge in [-0.05, 0) is 34.4 Å². The van der Waals surface area contributed by atoms with Gasteiger partial charge in [0.1, 0.15) is 0 Å². The minimum atomic E-state index is 0.199. The summed E-state index contributed by atoms with van der Waals surface area (Å²) in [6.07, 6.45) is 1.29. The summed E-state index contributed by atoms with van der Waals surface area (Å²) in [6.45, 7) is 1.78. The number of ether oxygens (including phenoxy) is 1. The maximum atomic E-state index is 5.86. The molecule has 0 unspecified atom stereocenters. The number of nitrogens with one attached hydrogen (secondary N) is 1. The highest BCUT2D eigenvalue weighted by molar-refractivity contribution is 7.07. The molecule has 94 valence electrons. The van der Waals surface area contributed by atoms with Crippen molar-refractivity contribution in [3.05, 3.63) is 58.3 Å². The molecule has 18 heavy (non-hydrogen) atoms. The van der Waals surface area contributed by atoms with Crippen LogP contribution in [0.5, 0.6) is 0 Å². The van der Waals surface area contributed by atoms with Crippen LogP contribution in [0.2, 0.25) is 0 Å². The van der Waals surface area contributed by atoms with Crippen LogP contribution < -0.4 is 5.32 Å². The van der Waals surface area contributed by atoms with Crippen LogP contribution >= 0.6 is 11.3 Å². The van der Waals surface area contributed by atoms with Crippen LogP contribution in [0.4, 0.5) is 0 Å². The van der Waals surface area contributed by atoms with E-state index in [1.165, 1.54) is 11.1 Å². The van der Waals surface area contributed by atoms with Gasteiger partial charge in [-0.15, -0.1) is 0 Å². The van der Waals surface area contributed by atoms with Crippen molar-refractivity contribution in [3.8, 4) is 0 Å². The molecule has 1 saturated heterocycles. The maximum Gasteiger partial charge on any atom is 0.0978 e. The van der Waals surface area contributed by atoms with Gasteiger partial charge < -0.3 is 10.1 Å². The van der Waals surface area contributed by atoms with E-state index in [-0.39, 0.29) is 6.10 Å². The molecule has 0 spiro atoms. The highest BCUT2D eigenvalue weighted by atomic mass is 32.1. The lowest BCUT2D eigenvalue weighted by Crippen LogP contribution is -2.31. The van der Waals surface area contributed by atoms with Crippen molar-refractivity contribution in [1.29, 1.82) is 0 Å². The number of hydrogen-bond acceptors (Lipinski definition) is 3. The van der Waals surface area contributed by atoms with Gasteiger partial charge in [0.2, 0.25) is 0 Å². The Morgan fingerprint density at radius 2 is 2.11 bits per heavy atom. The second kappa shape index (κ2) is 5.65. The minimum absolute atomic E-state index is 0.199. The molecule has 0 aliphatic carbocycles. The van der Waals surface area contributed by atoms with Crippen molar-refractivity contribution in [3.63, 3.8) is 0 Å². The Balaban J connectivity index is 1.65. The van der Waals surface area contributed by atoms with E-state index < -0.39 is 0 Å². The first kappa shape index (κ1) is 11.9. The first-order valence-electron chi connectivity index (χ1n) is 6.34. The summed E-state index contributed by atoms with van der Waals surface area (Å²) in [6, 6.07) is 13.1. The van der Waals surface area contributed by atoms with Gasteiger partial charge in [-0.3, -0.25) is 0 Å². The molecule has 2 nitrogen and oxygen atoms in total. The van der Waals surface area contributed by atoms with E-state index in [1.807, 2.05) is 6.07 Å². The summed E-state index contributed by atoms with van der Waals surface area (Å²) in [4.78, 5) is 0. The lowest BCUT2D eigenvalue weighted by atomic mass is 10.0. The lowest BCUT2D eigenvalue weighted by Gasteiger charge is -2.20. The van der Waals surface area contributed by atoms with Crippen LogP contribution in [0.3, 0.4) is 0 Å². The molecule has 0 amide bonds. The summed E-state index contributed by atoms with van der Waals surface area (Å²) < 4.78 is 5.86. The van der Waals surface area contributed by atoms with Crippen LogP contribution in [-0.2, 0) is 11.3 Å². The zero-order chi connectivity index (χ0) is 12.2. The zero-order valence-electron chi connectivity index (χ0n) is 10.2. The molecule has 3 heteroatoms. The third-order valence-corrected chi connectivity index (χ3v) is 4.10. The van der Waals surface area contributed by atoms with Crippen molar-refractivity contribution in [1.82, 2.24) is 5.32 Å². The van der Waals surface area contributed by atoms with Crippen LogP contribution in [0, 0.1) is 0 Å². The molecule has 1 N–H and O–H groups in total. The average molecular weight is 259 g/mol. The smallest absolute Gasteiger partial charge is 0.0978 e. The van der Waals surface area contributed by atoms with Crippen molar-refractivity contribution < 1.29 is 4.74 Å². The predicted octanol–water partition coefficient (Wildman–Crippen LogP) is 3.37. The maximum absolute atomic E-state index is 5.86. The monoisotopic (exact) mass is 259 g/mol. The molecule has 0 bridgehead atoms. The summed E-state index contributed by atoms with van der Waals surface area (Å²) in [5, 5.41) is 7.93. The van der Waals surface area contributed by atoms with E-state index in [0.29, 0.717) is 6.04 Å². The second-order valence-electron chi connectivity index (χ2n) is 4.61. The number of thiophene rings is 1. The lowest BCUT2D eigenvalue weighted by molar-refractivity contribution is 0.0985. The Bertz CT molecular complexity index is 469. The van der Waals surface area contributed by atoms with E-state index in [1.54, 1.807) is 11.3 Å². The van der Waals surface area contributed by atoms with Gasteiger partial charge in [0.05, 0.1) is 6.10 Å². The molecule has 2 atom stereocenters. The molecule has 1 fully saturated rings. The fourth-order valence-electron chi connectivity index (χ4n) is 2.41. The van der Waals surface area contributed by atoms with Gasteiger partial charge in [0, 0.05) is 19.2 Å². The van der Waals surface area contributed by atoms with Crippen LogP contribution in [-0.4, -0.2) is 12.6 Å². The molecule has 2 aromatic rings. The Kier molecular flexibility index (Phi) is 3.74. The van der Waals surface area contributed by atoms with Crippen LogP contribution in [0.25, 0.3) is 0 Å². The number of benzene rings is 1. The molecule has 1 aromatic carbocycles. The normalized spacial score (nSPS) is 23.3. The first-order chi connectivity index (χ1) is 8.93. The van der Waals surface area contributed by atoms with E-state index in [0.717, 1.165) is 19.6 Å². The summed E-state index contributed by atoms with van der Waals surface area (Å²) >= 11 is 1.75. The van der Waals surface area contributed by atoms with E-state index in [9.17, 15) is 0 Å². The molecular formula is C15H17NOS. The Morgan fingerprint density at radius 3 is 2.89 bits per heavy atom. The highest BCUT2D eigenvalue weighted by Crippen LogP contribution is 2.29. The zero-order valence-corrected chi connectivity index (χ0v) is 11.0. The topological polar surface area (TPSA) is 21.3 Å². The SMILES string of the molecule is c1ccc([C@H]2OCC[C@H]2NCc2ccsc2)cc1. The average Bonchev–Trinajstić information content (AvgIpc) is 3.09. The van der Waals surface area contributed by atoms with Gasteiger partial charge in [-0.2, -0.15) is 11.3 Å². The molecule has 0 radical (unpaired) electrons. The predicted molar refractivity (Wildman–Crippen MR) is 74.7 cm³/mol. The molecule has 1 aliphatic heterocycles. The third-order valence-electron chi connectivity index (χ3n) is 3.37. The quantitative estimate of drug-likeness (QED) is 0.909. The summed E-state index contributed by atoms with van der Waals surface area (Å²) in [5.41, 5.74) is 2.64. The third kappa shape index (κ3) is 2.64. The van der Waals surface area contributed by atoms with Gasteiger partial charge in [-0.1, -0.05) is 30.3 Å². The van der Waals surface area contributed by atoms with Gasteiger partial charge in [0.15, 0.2) is 0 Å². The number of hydrogen-bond donors (Lipinski definition) is 1. The van der Waals surface area contributed by atoms with Gasteiger partial charge in [0.25, 0.3) is 0 Å². The Labute approximate surface area is 112 Å². The highest BCUT2D eigenvalue weighted by Gasteiger charge is 2.28. The van der Waals surface area contributed by atoms with Crippen molar-refractivity contribution in [2.75, 3.05) is 6.61 Å². The fourth-order valence-corrected chi connectivity index (χ4v) is 3.08. The molecule has 2 heterocycles. The molecule has 1 aromatic heterocycles. The molecule has 0 saturated carbocycles. The molecular weight excluding hydrogens is 242 g/mol. The molecule has 1 aliphatic rings. The van der Waals surface area contributed by atoms with Crippen molar-refractivity contribution >= 4 is 11.3 Å². The first-order valence-corrected chi connectivity index (χ1v) is 7.29. The summed E-state index contributed by atoms with van der Waals surface area (Å²) in [5.74, 6) is 0. The standard InChI is InChI=1S/C15H17NOS/c1-2-4-13(5-3-1)15-14(6-8-17-15)16-10-12-7-9-18-11-12/h1-5,7,9,11,14-16H,6,8,10H2/t14-,15-/m1/s1.